The first-order chi connectivity index (χ1) is 9.25. The molecule has 0 amide bonds. The summed E-state index contributed by atoms with van der Waals surface area (Å²) in [6, 6.07) is 17.0. The van der Waals surface area contributed by atoms with Crippen molar-refractivity contribution in [2.45, 2.75) is 4.90 Å². The molecule has 0 aliphatic rings. The van der Waals surface area contributed by atoms with Crippen molar-refractivity contribution in [2.75, 3.05) is 12.4 Å². The Bertz CT molecular complexity index is 505. The van der Waals surface area contributed by atoms with E-state index in [1.165, 1.54) is 4.90 Å². The predicted molar refractivity (Wildman–Crippen MR) is 78.9 cm³/mol. The molecule has 2 N–H and O–H groups in total. The van der Waals surface area contributed by atoms with Crippen LogP contribution in [0, 0.1) is 0 Å². The van der Waals surface area contributed by atoms with E-state index in [1.54, 1.807) is 36.0 Å². The largest absolute Gasteiger partial charge is 0.493 e. The van der Waals surface area contributed by atoms with Crippen molar-refractivity contribution in [2.24, 2.45) is 0 Å². The van der Waals surface area contributed by atoms with Crippen molar-refractivity contribution in [3.05, 3.63) is 54.6 Å². The molecule has 3 nitrogen and oxygen atoms in total. The summed E-state index contributed by atoms with van der Waals surface area (Å²) in [7, 11) is -1.46. The van der Waals surface area contributed by atoms with E-state index in [1.807, 2.05) is 18.2 Å². The topological polar surface area (TPSA) is 49.7 Å². The highest BCUT2D eigenvalue weighted by molar-refractivity contribution is 7.99. The van der Waals surface area contributed by atoms with Gasteiger partial charge >= 0.3 is 7.12 Å². The zero-order chi connectivity index (χ0) is 13.5. The number of benzene rings is 2. The standard InChI is InChI=1S/C14H15BO3S/c16-15(17)12-5-4-6-13(11-12)18-9-10-19-14-7-2-1-3-8-14/h1-8,11,16-17H,9-10H2. The molecule has 19 heavy (non-hydrogen) atoms. The Morgan fingerprint density at radius 1 is 1.00 bits per heavy atom. The van der Waals surface area contributed by atoms with Crippen LogP contribution in [0.25, 0.3) is 0 Å². The molecule has 0 atom stereocenters. The summed E-state index contributed by atoms with van der Waals surface area (Å²) in [5, 5.41) is 18.1. The highest BCUT2D eigenvalue weighted by Gasteiger charge is 2.10. The fourth-order valence-corrected chi connectivity index (χ4v) is 2.35. The minimum atomic E-state index is -1.46. The van der Waals surface area contributed by atoms with Gasteiger partial charge in [-0.1, -0.05) is 30.3 Å². The third-order valence-corrected chi connectivity index (χ3v) is 3.50. The molecule has 0 saturated carbocycles. The van der Waals surface area contributed by atoms with Crippen molar-refractivity contribution < 1.29 is 14.8 Å². The second-order valence-corrected chi connectivity index (χ2v) is 5.12. The van der Waals surface area contributed by atoms with Crippen molar-refractivity contribution in [1.29, 1.82) is 0 Å². The van der Waals surface area contributed by atoms with Crippen LogP contribution in [0.5, 0.6) is 5.75 Å². The highest BCUT2D eigenvalue weighted by atomic mass is 32.2. The van der Waals surface area contributed by atoms with Gasteiger partial charge in [0.2, 0.25) is 0 Å². The zero-order valence-corrected chi connectivity index (χ0v) is 11.2. The van der Waals surface area contributed by atoms with Crippen molar-refractivity contribution in [3.63, 3.8) is 0 Å². The Morgan fingerprint density at radius 2 is 1.79 bits per heavy atom. The van der Waals surface area contributed by atoms with Gasteiger partial charge in [0.1, 0.15) is 5.75 Å². The maximum Gasteiger partial charge on any atom is 0.488 e. The number of hydrogen-bond donors (Lipinski definition) is 2. The molecular weight excluding hydrogens is 259 g/mol. The van der Waals surface area contributed by atoms with Crippen LogP contribution in [0.4, 0.5) is 0 Å². The zero-order valence-electron chi connectivity index (χ0n) is 10.4. The first-order valence-electron chi connectivity index (χ1n) is 6.02. The summed E-state index contributed by atoms with van der Waals surface area (Å²) >= 11 is 1.73. The molecule has 0 radical (unpaired) electrons. The summed E-state index contributed by atoms with van der Waals surface area (Å²) in [4.78, 5) is 1.21. The van der Waals surface area contributed by atoms with Crippen LogP contribution in [0.3, 0.4) is 0 Å². The fraction of sp³-hybridized carbons (Fsp3) is 0.143. The quantitative estimate of drug-likeness (QED) is 0.476. The predicted octanol–water partition coefficient (Wildman–Crippen LogP) is 1.54. The molecule has 0 unspecified atom stereocenters. The van der Waals surface area contributed by atoms with Gasteiger partial charge in [0.15, 0.2) is 0 Å². The van der Waals surface area contributed by atoms with Crippen LogP contribution in [-0.2, 0) is 0 Å². The molecule has 98 valence electrons. The van der Waals surface area contributed by atoms with E-state index in [4.69, 9.17) is 14.8 Å². The molecule has 0 bridgehead atoms. The monoisotopic (exact) mass is 274 g/mol. The van der Waals surface area contributed by atoms with E-state index in [0.29, 0.717) is 17.8 Å². The van der Waals surface area contributed by atoms with Crippen LogP contribution in [0.1, 0.15) is 0 Å². The van der Waals surface area contributed by atoms with Crippen LogP contribution >= 0.6 is 11.8 Å². The maximum atomic E-state index is 9.06. The molecule has 0 aromatic heterocycles. The number of thioether (sulfide) groups is 1. The summed E-state index contributed by atoms with van der Waals surface area (Å²) < 4.78 is 5.58. The van der Waals surface area contributed by atoms with Crippen LogP contribution in [0.15, 0.2) is 59.5 Å². The Morgan fingerprint density at radius 3 is 2.53 bits per heavy atom. The molecule has 2 aromatic carbocycles. The molecular formula is C14H15BO3S. The minimum absolute atomic E-state index is 0.438. The van der Waals surface area contributed by atoms with Crippen LogP contribution in [-0.4, -0.2) is 29.5 Å². The summed E-state index contributed by atoms with van der Waals surface area (Å²) in [5.41, 5.74) is 0.438. The SMILES string of the molecule is OB(O)c1cccc(OCCSc2ccccc2)c1. The third-order valence-electron chi connectivity index (χ3n) is 2.52. The summed E-state index contributed by atoms with van der Waals surface area (Å²) in [6.07, 6.45) is 0. The van der Waals surface area contributed by atoms with Gasteiger partial charge in [-0.2, -0.15) is 0 Å². The lowest BCUT2D eigenvalue weighted by atomic mass is 9.80. The molecule has 5 heteroatoms. The summed E-state index contributed by atoms with van der Waals surface area (Å²) in [6.45, 7) is 0.574. The van der Waals surface area contributed by atoms with Crippen molar-refractivity contribution in [3.8, 4) is 5.75 Å². The Labute approximate surface area is 117 Å². The number of rotatable bonds is 6. The van der Waals surface area contributed by atoms with E-state index in [2.05, 4.69) is 12.1 Å². The van der Waals surface area contributed by atoms with Crippen molar-refractivity contribution >= 4 is 24.3 Å². The van der Waals surface area contributed by atoms with Gasteiger partial charge in [0, 0.05) is 10.6 Å². The number of hydrogen-bond acceptors (Lipinski definition) is 4. The molecule has 0 heterocycles. The second-order valence-electron chi connectivity index (χ2n) is 3.96. The Balaban J connectivity index is 1.78. The van der Waals surface area contributed by atoms with Gasteiger partial charge < -0.3 is 14.8 Å². The highest BCUT2D eigenvalue weighted by Crippen LogP contribution is 2.17. The average Bonchev–Trinajstić information content (AvgIpc) is 2.45. The Hall–Kier alpha value is -1.43. The fourth-order valence-electron chi connectivity index (χ4n) is 1.60. The van der Waals surface area contributed by atoms with Crippen molar-refractivity contribution in [1.82, 2.24) is 0 Å². The van der Waals surface area contributed by atoms with Crippen LogP contribution < -0.4 is 10.2 Å². The van der Waals surface area contributed by atoms with E-state index < -0.39 is 7.12 Å². The smallest absolute Gasteiger partial charge is 0.488 e. The van der Waals surface area contributed by atoms with E-state index in [-0.39, 0.29) is 0 Å². The second kappa shape index (κ2) is 7.23. The first-order valence-corrected chi connectivity index (χ1v) is 7.01. The Kier molecular flexibility index (Phi) is 5.33. The first kappa shape index (κ1) is 14.0. The molecule has 0 saturated heterocycles. The molecule has 0 aliphatic carbocycles. The van der Waals surface area contributed by atoms with Gasteiger partial charge in [-0.05, 0) is 29.7 Å². The minimum Gasteiger partial charge on any atom is -0.493 e. The molecule has 0 fully saturated rings. The maximum absolute atomic E-state index is 9.06. The van der Waals surface area contributed by atoms with Gasteiger partial charge in [0.05, 0.1) is 6.61 Å². The van der Waals surface area contributed by atoms with Crippen LogP contribution in [0.2, 0.25) is 0 Å². The normalized spacial score (nSPS) is 10.2. The van der Waals surface area contributed by atoms with Gasteiger partial charge in [-0.15, -0.1) is 11.8 Å². The van der Waals surface area contributed by atoms with E-state index >= 15 is 0 Å². The lowest BCUT2D eigenvalue weighted by Crippen LogP contribution is -2.29. The number of ether oxygens (including phenoxy) is 1. The van der Waals surface area contributed by atoms with E-state index in [9.17, 15) is 0 Å². The lowest BCUT2D eigenvalue weighted by molar-refractivity contribution is 0.344. The van der Waals surface area contributed by atoms with E-state index in [0.717, 1.165) is 5.75 Å². The average molecular weight is 274 g/mol. The summed E-state index contributed by atoms with van der Waals surface area (Å²) in [5.74, 6) is 1.50. The third kappa shape index (κ3) is 4.63. The molecule has 0 aliphatic heterocycles. The molecule has 2 aromatic rings. The van der Waals surface area contributed by atoms with Gasteiger partial charge in [0.25, 0.3) is 0 Å². The lowest BCUT2D eigenvalue weighted by Gasteiger charge is -2.07. The van der Waals surface area contributed by atoms with Gasteiger partial charge in [-0.25, -0.2) is 0 Å². The van der Waals surface area contributed by atoms with Gasteiger partial charge in [-0.3, -0.25) is 0 Å². The molecule has 2 rings (SSSR count). The molecule has 0 spiro atoms.